The summed E-state index contributed by atoms with van der Waals surface area (Å²) in [5, 5.41) is 0. The summed E-state index contributed by atoms with van der Waals surface area (Å²) in [5.41, 5.74) is 5.72. The molecule has 3 heterocycles. The first-order valence-corrected chi connectivity index (χ1v) is 7.41. The summed E-state index contributed by atoms with van der Waals surface area (Å²) >= 11 is 1.65. The zero-order valence-corrected chi connectivity index (χ0v) is 12.1. The fourth-order valence-electron chi connectivity index (χ4n) is 2.33. The maximum absolute atomic E-state index is 5.12. The summed E-state index contributed by atoms with van der Waals surface area (Å²) in [4.78, 5) is 16.4. The van der Waals surface area contributed by atoms with Crippen LogP contribution >= 0.6 is 11.3 Å². The molecule has 0 saturated heterocycles. The van der Waals surface area contributed by atoms with E-state index >= 15 is 0 Å². The molecule has 1 N–H and O–H groups in total. The number of rotatable bonds is 3. The van der Waals surface area contributed by atoms with Gasteiger partial charge in [0.1, 0.15) is 5.82 Å². The van der Waals surface area contributed by atoms with Crippen molar-refractivity contribution in [3.63, 3.8) is 0 Å². The summed E-state index contributed by atoms with van der Waals surface area (Å²) in [6.45, 7) is 0. The van der Waals surface area contributed by atoms with E-state index in [0.29, 0.717) is 11.5 Å². The van der Waals surface area contributed by atoms with Crippen LogP contribution in [0.2, 0.25) is 0 Å². The van der Waals surface area contributed by atoms with Crippen molar-refractivity contribution in [2.75, 3.05) is 7.11 Å². The van der Waals surface area contributed by atoms with Gasteiger partial charge in [-0.05, 0) is 23.8 Å². The third-order valence-corrected chi connectivity index (χ3v) is 4.14. The summed E-state index contributed by atoms with van der Waals surface area (Å²) in [7, 11) is 1.60. The van der Waals surface area contributed by atoms with Crippen LogP contribution in [0.4, 0.5) is 0 Å². The van der Waals surface area contributed by atoms with Crippen LogP contribution in [-0.2, 0) is 6.42 Å². The number of imidazole rings is 1. The zero-order valence-electron chi connectivity index (χ0n) is 11.3. The minimum Gasteiger partial charge on any atom is -0.481 e. The van der Waals surface area contributed by atoms with Gasteiger partial charge in [0.25, 0.3) is 0 Å². The number of hydrogen-bond acceptors (Lipinski definition) is 5. The van der Waals surface area contributed by atoms with Gasteiger partial charge in [0.15, 0.2) is 5.65 Å². The smallest absolute Gasteiger partial charge is 0.215 e. The number of ether oxygens (including phenoxy) is 1. The molecule has 0 spiro atoms. The molecule has 0 aliphatic heterocycles. The van der Waals surface area contributed by atoms with E-state index in [2.05, 4.69) is 32.1 Å². The maximum Gasteiger partial charge on any atom is 0.215 e. The minimum absolute atomic E-state index is 0.576. The summed E-state index contributed by atoms with van der Waals surface area (Å²) in [6.07, 6.45) is 0.743. The Morgan fingerprint density at radius 1 is 1.19 bits per heavy atom. The number of aromatic nitrogens is 4. The topological polar surface area (TPSA) is 63.7 Å². The van der Waals surface area contributed by atoms with Crippen LogP contribution < -0.4 is 4.74 Å². The van der Waals surface area contributed by atoms with Crippen molar-refractivity contribution in [2.24, 2.45) is 0 Å². The second-order valence-electron chi connectivity index (χ2n) is 4.74. The largest absolute Gasteiger partial charge is 0.481 e. The Bertz CT molecular complexity index is 928. The molecule has 5 nitrogen and oxygen atoms in total. The van der Waals surface area contributed by atoms with Gasteiger partial charge in [-0.2, -0.15) is 4.98 Å². The van der Waals surface area contributed by atoms with Crippen LogP contribution in [-0.4, -0.2) is 27.0 Å². The number of hydrogen-bond donors (Lipinski definition) is 1. The molecule has 1 aromatic carbocycles. The first kappa shape index (κ1) is 12.3. The lowest BCUT2D eigenvalue weighted by Gasteiger charge is -1.97. The normalized spacial score (nSPS) is 11.3. The van der Waals surface area contributed by atoms with Gasteiger partial charge in [-0.3, -0.25) is 0 Å². The molecule has 0 unspecified atom stereocenters. The first-order chi connectivity index (χ1) is 10.3. The molecule has 0 radical (unpaired) electrons. The highest BCUT2D eigenvalue weighted by atomic mass is 32.1. The van der Waals surface area contributed by atoms with Crippen LogP contribution in [0.15, 0.2) is 35.8 Å². The lowest BCUT2D eigenvalue weighted by Crippen LogP contribution is -1.90. The molecule has 0 bridgehead atoms. The van der Waals surface area contributed by atoms with Gasteiger partial charge in [-0.15, -0.1) is 11.3 Å². The average molecular weight is 296 g/mol. The number of nitrogens with one attached hydrogen (secondary N) is 1. The number of H-pyrrole nitrogens is 1. The molecular formula is C15H12N4OS. The van der Waals surface area contributed by atoms with Crippen LogP contribution in [0.5, 0.6) is 5.88 Å². The van der Waals surface area contributed by atoms with Crippen LogP contribution in [0, 0.1) is 0 Å². The van der Waals surface area contributed by atoms with E-state index in [0.717, 1.165) is 23.3 Å². The quantitative estimate of drug-likeness (QED) is 0.630. The van der Waals surface area contributed by atoms with E-state index < -0.39 is 0 Å². The van der Waals surface area contributed by atoms with E-state index in [1.165, 1.54) is 10.3 Å². The van der Waals surface area contributed by atoms with E-state index in [1.807, 2.05) is 23.7 Å². The third-order valence-electron chi connectivity index (χ3n) is 3.35. The van der Waals surface area contributed by atoms with Crippen molar-refractivity contribution in [2.45, 2.75) is 6.42 Å². The molecule has 4 rings (SSSR count). The van der Waals surface area contributed by atoms with Crippen molar-refractivity contribution >= 4 is 32.7 Å². The molecule has 0 fully saturated rings. The van der Waals surface area contributed by atoms with Crippen molar-refractivity contribution in [1.29, 1.82) is 0 Å². The van der Waals surface area contributed by atoms with Gasteiger partial charge >= 0.3 is 0 Å². The van der Waals surface area contributed by atoms with Crippen LogP contribution in [0.25, 0.3) is 21.4 Å². The standard InChI is InChI=1S/C15H12N4OS/c1-20-14-5-4-11-15(19-14)18-13(17-11)7-9-2-3-10-12(6-9)21-8-16-10/h2-6,8H,7H2,1H3,(H,17,18,19). The molecule has 3 aromatic heterocycles. The summed E-state index contributed by atoms with van der Waals surface area (Å²) < 4.78 is 6.32. The maximum atomic E-state index is 5.12. The molecule has 0 saturated carbocycles. The Hall–Kier alpha value is -2.47. The van der Waals surface area contributed by atoms with Crippen molar-refractivity contribution < 1.29 is 4.74 Å². The molecule has 104 valence electrons. The monoisotopic (exact) mass is 296 g/mol. The predicted molar refractivity (Wildman–Crippen MR) is 82.9 cm³/mol. The Balaban J connectivity index is 1.69. The number of pyridine rings is 1. The van der Waals surface area contributed by atoms with Crippen LogP contribution in [0.3, 0.4) is 0 Å². The predicted octanol–water partition coefficient (Wildman–Crippen LogP) is 3.17. The lowest BCUT2D eigenvalue weighted by atomic mass is 10.1. The highest BCUT2D eigenvalue weighted by Crippen LogP contribution is 2.21. The number of nitrogens with zero attached hydrogens (tertiary/aromatic N) is 3. The van der Waals surface area contributed by atoms with Crippen molar-refractivity contribution in [1.82, 2.24) is 19.9 Å². The molecule has 0 aliphatic carbocycles. The highest BCUT2D eigenvalue weighted by Gasteiger charge is 2.07. The van der Waals surface area contributed by atoms with Gasteiger partial charge < -0.3 is 9.72 Å². The molecule has 0 aliphatic rings. The summed E-state index contributed by atoms with van der Waals surface area (Å²) in [5.74, 6) is 1.47. The average Bonchev–Trinajstić information content (AvgIpc) is 3.11. The fourth-order valence-corrected chi connectivity index (χ4v) is 3.07. The Kier molecular flexibility index (Phi) is 2.82. The van der Waals surface area contributed by atoms with Gasteiger partial charge in [0.05, 0.1) is 28.4 Å². The molecule has 6 heteroatoms. The van der Waals surface area contributed by atoms with Gasteiger partial charge in [-0.25, -0.2) is 9.97 Å². The van der Waals surface area contributed by atoms with Crippen molar-refractivity contribution in [3.8, 4) is 5.88 Å². The highest BCUT2D eigenvalue weighted by molar-refractivity contribution is 7.16. The number of fused-ring (bicyclic) bond motifs is 2. The van der Waals surface area contributed by atoms with E-state index in [-0.39, 0.29) is 0 Å². The number of methoxy groups -OCH3 is 1. The molecule has 0 atom stereocenters. The number of thiazole rings is 1. The second-order valence-corrected chi connectivity index (χ2v) is 5.63. The second kappa shape index (κ2) is 4.82. The molecule has 4 aromatic rings. The Labute approximate surface area is 124 Å². The Morgan fingerprint density at radius 2 is 2.14 bits per heavy atom. The lowest BCUT2D eigenvalue weighted by molar-refractivity contribution is 0.399. The SMILES string of the molecule is COc1ccc2[nH]c(Cc3ccc4ncsc4c3)nc2n1. The zero-order chi connectivity index (χ0) is 14.2. The third kappa shape index (κ3) is 2.23. The summed E-state index contributed by atoms with van der Waals surface area (Å²) in [6, 6.07) is 10.1. The molecule has 21 heavy (non-hydrogen) atoms. The molecule has 0 amide bonds. The van der Waals surface area contributed by atoms with Crippen LogP contribution in [0.1, 0.15) is 11.4 Å². The number of benzene rings is 1. The Morgan fingerprint density at radius 3 is 3.05 bits per heavy atom. The van der Waals surface area contributed by atoms with Gasteiger partial charge in [0, 0.05) is 12.5 Å². The number of aromatic amines is 1. The molecular weight excluding hydrogens is 284 g/mol. The first-order valence-electron chi connectivity index (χ1n) is 6.53. The van der Waals surface area contributed by atoms with Gasteiger partial charge in [-0.1, -0.05) is 6.07 Å². The van der Waals surface area contributed by atoms with Gasteiger partial charge in [0.2, 0.25) is 5.88 Å². The minimum atomic E-state index is 0.576. The fraction of sp³-hybridized carbons (Fsp3) is 0.133. The van der Waals surface area contributed by atoms with E-state index in [9.17, 15) is 0 Å². The van der Waals surface area contributed by atoms with E-state index in [1.54, 1.807) is 18.4 Å². The van der Waals surface area contributed by atoms with Crippen molar-refractivity contribution in [3.05, 3.63) is 47.2 Å². The van der Waals surface area contributed by atoms with E-state index in [4.69, 9.17) is 4.74 Å².